The van der Waals surface area contributed by atoms with Crippen molar-refractivity contribution in [2.75, 3.05) is 6.61 Å². The average Bonchev–Trinajstić information content (AvgIpc) is 3.36. The normalized spacial score (nSPS) is 12.6. The predicted molar refractivity (Wildman–Crippen MR) is 313 cm³/mol. The van der Waals surface area contributed by atoms with Crippen LogP contribution in [0.3, 0.4) is 0 Å². The van der Waals surface area contributed by atoms with Crippen LogP contribution >= 0.6 is 0 Å². The lowest BCUT2D eigenvalue weighted by atomic mass is 10.0. The Morgan fingerprint density at radius 3 is 0.643 bits per heavy atom. The van der Waals surface area contributed by atoms with Crippen LogP contribution in [0.2, 0.25) is 0 Å². The number of hydrogen-bond acceptors (Lipinski definition) is 3. The molecule has 4 nitrogen and oxygen atoms in total. The van der Waals surface area contributed by atoms with Crippen molar-refractivity contribution in [3.05, 3.63) is 0 Å². The van der Waals surface area contributed by atoms with Gasteiger partial charge in [-0.1, -0.05) is 380 Å². The van der Waals surface area contributed by atoms with Crippen molar-refractivity contribution in [3.8, 4) is 0 Å². The highest BCUT2D eigenvalue weighted by Gasteiger charge is 2.20. The molecule has 0 saturated carbocycles. The fourth-order valence-corrected chi connectivity index (χ4v) is 11.1. The second-order valence-electron chi connectivity index (χ2n) is 23.3. The lowest BCUT2D eigenvalue weighted by Gasteiger charge is -2.22. The van der Waals surface area contributed by atoms with E-state index in [0.717, 1.165) is 25.7 Å². The third-order valence-corrected chi connectivity index (χ3v) is 16.1. The Hall–Kier alpha value is -0.610. The van der Waals surface area contributed by atoms with Gasteiger partial charge in [0.2, 0.25) is 5.91 Å². The van der Waals surface area contributed by atoms with Crippen LogP contribution in [0.25, 0.3) is 0 Å². The number of unbranched alkanes of at least 4 members (excludes halogenated alkanes) is 56. The monoisotopic (exact) mass is 988 g/mol. The third kappa shape index (κ3) is 58.3. The number of rotatable bonds is 63. The van der Waals surface area contributed by atoms with E-state index in [-0.39, 0.29) is 12.5 Å². The Morgan fingerprint density at radius 2 is 0.457 bits per heavy atom. The van der Waals surface area contributed by atoms with E-state index >= 15 is 0 Å². The van der Waals surface area contributed by atoms with Gasteiger partial charge in [-0.2, -0.15) is 0 Å². The maximum atomic E-state index is 12.5. The van der Waals surface area contributed by atoms with Gasteiger partial charge in [-0.15, -0.1) is 0 Å². The van der Waals surface area contributed by atoms with E-state index in [1.807, 2.05) is 0 Å². The molecule has 0 bridgehead atoms. The van der Waals surface area contributed by atoms with Crippen molar-refractivity contribution in [2.45, 2.75) is 411 Å². The minimum absolute atomic E-state index is 0.0199. The molecule has 0 fully saturated rings. The molecule has 0 radical (unpaired) electrons. The van der Waals surface area contributed by atoms with Gasteiger partial charge in [-0.3, -0.25) is 4.79 Å². The number of hydrogen-bond donors (Lipinski definition) is 3. The molecule has 0 aliphatic heterocycles. The van der Waals surface area contributed by atoms with Crippen LogP contribution < -0.4 is 5.32 Å². The van der Waals surface area contributed by atoms with Crippen LogP contribution in [0.1, 0.15) is 399 Å². The summed E-state index contributed by atoms with van der Waals surface area (Å²) >= 11 is 0. The lowest BCUT2D eigenvalue weighted by molar-refractivity contribution is -0.123. The summed E-state index contributed by atoms with van der Waals surface area (Å²) in [5.41, 5.74) is 0. The topological polar surface area (TPSA) is 69.6 Å². The molecule has 0 heterocycles. The van der Waals surface area contributed by atoms with E-state index in [1.165, 1.54) is 347 Å². The maximum absolute atomic E-state index is 12.5. The molecule has 0 saturated heterocycles. The molecule has 0 rings (SSSR count). The summed E-state index contributed by atoms with van der Waals surface area (Å²) in [6.07, 6.45) is 81.5. The lowest BCUT2D eigenvalue weighted by Crippen LogP contribution is -2.45. The zero-order valence-electron chi connectivity index (χ0n) is 48.6. The van der Waals surface area contributed by atoms with Crippen molar-refractivity contribution in [2.24, 2.45) is 0 Å². The molecule has 0 spiro atoms. The van der Waals surface area contributed by atoms with Crippen LogP contribution in [-0.4, -0.2) is 34.9 Å². The SMILES string of the molecule is CCCCCCCCCCCCCCCCCCCCCCCCCCCCCCCCCCCCCC(=O)NC(CO)C(O)CCCCCCCCCCCCCCCCCCCCCCCCC. The minimum Gasteiger partial charge on any atom is -0.394 e. The molecular formula is C66H133NO3. The number of amides is 1. The van der Waals surface area contributed by atoms with E-state index < -0.39 is 12.1 Å². The van der Waals surface area contributed by atoms with Crippen molar-refractivity contribution in [1.29, 1.82) is 0 Å². The smallest absolute Gasteiger partial charge is 0.220 e. The summed E-state index contributed by atoms with van der Waals surface area (Å²) in [4.78, 5) is 12.5. The highest BCUT2D eigenvalue weighted by molar-refractivity contribution is 5.76. The van der Waals surface area contributed by atoms with Gasteiger partial charge in [-0.25, -0.2) is 0 Å². The van der Waals surface area contributed by atoms with E-state index in [4.69, 9.17) is 0 Å². The van der Waals surface area contributed by atoms with Gasteiger partial charge in [0.1, 0.15) is 0 Å². The fraction of sp³-hybridized carbons (Fsp3) is 0.985. The highest BCUT2D eigenvalue weighted by atomic mass is 16.3. The summed E-state index contributed by atoms with van der Waals surface area (Å²) in [6.45, 7) is 4.42. The zero-order valence-corrected chi connectivity index (χ0v) is 48.6. The van der Waals surface area contributed by atoms with Crippen molar-refractivity contribution in [1.82, 2.24) is 5.32 Å². The number of carbonyl (C=O) groups excluding carboxylic acids is 1. The summed E-state index contributed by atoms with van der Waals surface area (Å²) in [7, 11) is 0. The minimum atomic E-state index is -0.656. The molecule has 3 N–H and O–H groups in total. The third-order valence-electron chi connectivity index (χ3n) is 16.1. The standard InChI is InChI=1S/C66H133NO3/c1-3-5-7-9-11-13-15-17-19-21-23-25-27-28-29-30-31-32-33-34-35-36-37-38-40-42-44-46-48-50-52-54-56-58-60-62-66(70)67-64(63-68)65(69)61-59-57-55-53-51-49-47-45-43-41-39-26-24-22-20-18-16-14-12-10-8-6-4-2/h64-65,68-69H,3-63H2,1-2H3,(H,67,70). The molecule has 420 valence electrons. The molecule has 70 heavy (non-hydrogen) atoms. The largest absolute Gasteiger partial charge is 0.394 e. The highest BCUT2D eigenvalue weighted by Crippen LogP contribution is 2.20. The van der Waals surface area contributed by atoms with Gasteiger partial charge in [0.15, 0.2) is 0 Å². The van der Waals surface area contributed by atoms with Gasteiger partial charge in [0.25, 0.3) is 0 Å². The molecular weight excluding hydrogens is 855 g/mol. The van der Waals surface area contributed by atoms with Gasteiger partial charge in [-0.05, 0) is 12.8 Å². The fourth-order valence-electron chi connectivity index (χ4n) is 11.1. The Morgan fingerprint density at radius 1 is 0.286 bits per heavy atom. The molecule has 0 aromatic heterocycles. The van der Waals surface area contributed by atoms with Crippen molar-refractivity contribution < 1.29 is 15.0 Å². The Bertz CT molecular complexity index is 940. The number of aliphatic hydroxyl groups is 2. The van der Waals surface area contributed by atoms with Gasteiger partial charge in [0, 0.05) is 6.42 Å². The predicted octanol–water partition coefficient (Wildman–Crippen LogP) is 22.3. The number of nitrogens with one attached hydrogen (secondary N) is 1. The average molecular weight is 989 g/mol. The summed E-state index contributed by atoms with van der Waals surface area (Å²) in [5.74, 6) is -0.0199. The first-order valence-electron chi connectivity index (χ1n) is 33.2. The second-order valence-corrected chi connectivity index (χ2v) is 23.3. The van der Waals surface area contributed by atoms with E-state index in [9.17, 15) is 15.0 Å². The Kier molecular flexibility index (Phi) is 62.1. The van der Waals surface area contributed by atoms with E-state index in [0.29, 0.717) is 12.8 Å². The quantitative estimate of drug-likeness (QED) is 0.0532. The van der Waals surface area contributed by atoms with Crippen LogP contribution in [0.5, 0.6) is 0 Å². The van der Waals surface area contributed by atoms with Crippen molar-refractivity contribution >= 4 is 5.91 Å². The number of aliphatic hydroxyl groups excluding tert-OH is 2. The summed E-state index contributed by atoms with van der Waals surface area (Å²) in [5, 5.41) is 23.4. The van der Waals surface area contributed by atoms with Gasteiger partial charge in [0.05, 0.1) is 18.8 Å². The first-order chi connectivity index (χ1) is 34.7. The summed E-state index contributed by atoms with van der Waals surface area (Å²) < 4.78 is 0. The number of carbonyl (C=O) groups is 1. The second kappa shape index (κ2) is 62.7. The zero-order chi connectivity index (χ0) is 50.6. The molecule has 0 aromatic carbocycles. The van der Waals surface area contributed by atoms with Crippen LogP contribution in [-0.2, 0) is 4.79 Å². The van der Waals surface area contributed by atoms with Crippen LogP contribution in [0, 0.1) is 0 Å². The summed E-state index contributed by atoms with van der Waals surface area (Å²) in [6, 6.07) is -0.532. The first-order valence-corrected chi connectivity index (χ1v) is 33.2. The van der Waals surface area contributed by atoms with Crippen LogP contribution in [0.4, 0.5) is 0 Å². The molecule has 0 aromatic rings. The molecule has 0 aliphatic carbocycles. The van der Waals surface area contributed by atoms with E-state index in [1.54, 1.807) is 0 Å². The van der Waals surface area contributed by atoms with Gasteiger partial charge < -0.3 is 15.5 Å². The van der Waals surface area contributed by atoms with Gasteiger partial charge >= 0.3 is 0 Å². The Labute approximate surface area is 442 Å². The molecule has 1 amide bonds. The maximum Gasteiger partial charge on any atom is 0.220 e. The van der Waals surface area contributed by atoms with Crippen molar-refractivity contribution in [3.63, 3.8) is 0 Å². The molecule has 2 unspecified atom stereocenters. The van der Waals surface area contributed by atoms with E-state index in [2.05, 4.69) is 19.2 Å². The molecule has 2 atom stereocenters. The molecule has 0 aliphatic rings. The Balaban J connectivity index is 3.35. The first kappa shape index (κ1) is 69.4. The molecule has 4 heteroatoms. The van der Waals surface area contributed by atoms with Crippen LogP contribution in [0.15, 0.2) is 0 Å².